The Bertz CT molecular complexity index is 252. The van der Waals surface area contributed by atoms with Crippen LogP contribution in [0.15, 0.2) is 0 Å². The Morgan fingerprint density at radius 2 is 1.69 bits per heavy atom. The summed E-state index contributed by atoms with van der Waals surface area (Å²) in [4.78, 5) is 22.9. The topological polar surface area (TPSA) is 78.6 Å². The van der Waals surface area contributed by atoms with Crippen molar-refractivity contribution in [2.24, 2.45) is 11.7 Å². The summed E-state index contributed by atoms with van der Waals surface area (Å²) in [6, 6.07) is 0. The first-order valence-electron chi connectivity index (χ1n) is 4.78. The molecule has 0 radical (unpaired) electrons. The predicted molar refractivity (Wildman–Crippen MR) is 66.0 cm³/mol. The molecule has 0 spiro atoms. The van der Waals surface area contributed by atoms with Gasteiger partial charge in [0, 0.05) is 5.75 Å². The number of carbonyl (C=O) groups is 2. The van der Waals surface area contributed by atoms with E-state index in [0.29, 0.717) is 0 Å². The molecule has 0 aliphatic heterocycles. The van der Waals surface area contributed by atoms with E-state index in [1.807, 2.05) is 0 Å². The lowest BCUT2D eigenvalue weighted by atomic mass is 10.2. The Kier molecular flexibility index (Phi) is 7.92. The Labute approximate surface area is 104 Å². The molecule has 92 valence electrons. The predicted octanol–water partition coefficient (Wildman–Crippen LogP) is 0.706. The number of nitrogens with two attached hydrogens (primary N) is 1. The van der Waals surface area contributed by atoms with E-state index in [9.17, 15) is 9.59 Å². The van der Waals surface area contributed by atoms with Crippen molar-refractivity contribution in [2.45, 2.75) is 13.8 Å². The summed E-state index contributed by atoms with van der Waals surface area (Å²) in [5.41, 5.74) is 5.28. The third-order valence-corrected chi connectivity index (χ3v) is 2.67. The first kappa shape index (κ1) is 15.2. The largest absolute Gasteiger partial charge is 0.465 e. The van der Waals surface area contributed by atoms with Crippen molar-refractivity contribution in [3.8, 4) is 0 Å². The second-order valence-electron chi connectivity index (χ2n) is 2.69. The molecular formula is C9H15NO4S2. The average Bonchev–Trinajstić information content (AvgIpc) is 2.18. The zero-order chi connectivity index (χ0) is 12.6. The zero-order valence-corrected chi connectivity index (χ0v) is 10.9. The summed E-state index contributed by atoms with van der Waals surface area (Å²) in [6.45, 7) is 3.76. The van der Waals surface area contributed by atoms with Crippen molar-refractivity contribution in [1.29, 1.82) is 0 Å². The molecular weight excluding hydrogens is 250 g/mol. The number of hydrogen-bond donors (Lipinski definition) is 1. The van der Waals surface area contributed by atoms with Crippen LogP contribution in [0, 0.1) is 5.92 Å². The molecule has 0 unspecified atom stereocenters. The van der Waals surface area contributed by atoms with Gasteiger partial charge in [0.1, 0.15) is 4.32 Å². The van der Waals surface area contributed by atoms with E-state index in [-0.39, 0.29) is 23.3 Å². The number of thioether (sulfide) groups is 1. The third kappa shape index (κ3) is 5.92. The number of carbonyl (C=O) groups excluding carboxylic acids is 2. The first-order valence-corrected chi connectivity index (χ1v) is 6.17. The van der Waals surface area contributed by atoms with Crippen molar-refractivity contribution in [3.63, 3.8) is 0 Å². The van der Waals surface area contributed by atoms with Gasteiger partial charge in [0.05, 0.1) is 13.2 Å². The quantitative estimate of drug-likeness (QED) is 0.430. The van der Waals surface area contributed by atoms with Crippen LogP contribution >= 0.6 is 24.0 Å². The Hall–Kier alpha value is -0.820. The molecule has 0 aliphatic rings. The van der Waals surface area contributed by atoms with Crippen LogP contribution in [0.3, 0.4) is 0 Å². The van der Waals surface area contributed by atoms with Crippen molar-refractivity contribution >= 4 is 40.2 Å². The maximum atomic E-state index is 11.5. The lowest BCUT2D eigenvalue weighted by Gasteiger charge is -2.13. The lowest BCUT2D eigenvalue weighted by Crippen LogP contribution is -2.30. The minimum atomic E-state index is -0.966. The molecule has 0 amide bonds. The molecule has 0 saturated carbocycles. The number of ether oxygens (including phenoxy) is 2. The fourth-order valence-corrected chi connectivity index (χ4v) is 1.69. The summed E-state index contributed by atoms with van der Waals surface area (Å²) < 4.78 is 9.71. The highest BCUT2D eigenvalue weighted by molar-refractivity contribution is 8.22. The summed E-state index contributed by atoms with van der Waals surface area (Å²) in [5, 5.41) is 0. The third-order valence-electron chi connectivity index (χ3n) is 1.53. The molecule has 16 heavy (non-hydrogen) atoms. The zero-order valence-electron chi connectivity index (χ0n) is 9.23. The van der Waals surface area contributed by atoms with Gasteiger partial charge in [-0.25, -0.2) is 0 Å². The van der Waals surface area contributed by atoms with E-state index in [1.54, 1.807) is 13.8 Å². The van der Waals surface area contributed by atoms with Crippen molar-refractivity contribution in [2.75, 3.05) is 19.0 Å². The Morgan fingerprint density at radius 3 is 2.00 bits per heavy atom. The van der Waals surface area contributed by atoms with Gasteiger partial charge in [-0.2, -0.15) is 0 Å². The van der Waals surface area contributed by atoms with Crippen LogP contribution in [0.1, 0.15) is 13.8 Å². The Morgan fingerprint density at radius 1 is 1.25 bits per heavy atom. The lowest BCUT2D eigenvalue weighted by molar-refractivity contribution is -0.160. The monoisotopic (exact) mass is 265 g/mol. The molecule has 0 aromatic carbocycles. The van der Waals surface area contributed by atoms with E-state index in [2.05, 4.69) is 12.2 Å². The van der Waals surface area contributed by atoms with Gasteiger partial charge in [0.15, 0.2) is 5.92 Å². The van der Waals surface area contributed by atoms with Gasteiger partial charge in [-0.1, -0.05) is 24.0 Å². The SMILES string of the molecule is CCOC(=O)C(CSC(N)=S)C(=O)OCC. The van der Waals surface area contributed by atoms with Gasteiger partial charge >= 0.3 is 11.9 Å². The molecule has 0 rings (SSSR count). The molecule has 5 nitrogen and oxygen atoms in total. The van der Waals surface area contributed by atoms with Crippen molar-refractivity contribution < 1.29 is 19.1 Å². The highest BCUT2D eigenvalue weighted by atomic mass is 32.2. The molecule has 0 heterocycles. The number of thiocarbonyl (C=S) groups is 1. The van der Waals surface area contributed by atoms with Crippen molar-refractivity contribution in [1.82, 2.24) is 0 Å². The smallest absolute Gasteiger partial charge is 0.321 e. The van der Waals surface area contributed by atoms with Gasteiger partial charge in [0.25, 0.3) is 0 Å². The van der Waals surface area contributed by atoms with Crippen LogP contribution in [-0.4, -0.2) is 35.2 Å². The van der Waals surface area contributed by atoms with Gasteiger partial charge < -0.3 is 15.2 Å². The molecule has 0 bridgehead atoms. The molecule has 7 heteroatoms. The van der Waals surface area contributed by atoms with Crippen molar-refractivity contribution in [3.05, 3.63) is 0 Å². The minimum absolute atomic E-state index is 0.146. The maximum absolute atomic E-state index is 11.5. The van der Waals surface area contributed by atoms with Crippen LogP contribution in [0.4, 0.5) is 0 Å². The van der Waals surface area contributed by atoms with E-state index in [1.165, 1.54) is 0 Å². The van der Waals surface area contributed by atoms with Crippen LogP contribution < -0.4 is 5.73 Å². The molecule has 0 saturated heterocycles. The normalized spacial score (nSPS) is 9.94. The molecule has 2 N–H and O–H groups in total. The second kappa shape index (κ2) is 8.35. The van der Waals surface area contributed by atoms with Gasteiger partial charge in [-0.15, -0.1) is 0 Å². The number of esters is 2. The molecule has 0 aliphatic carbocycles. The minimum Gasteiger partial charge on any atom is -0.465 e. The summed E-state index contributed by atoms with van der Waals surface area (Å²) in [7, 11) is 0. The number of rotatable bonds is 6. The van der Waals surface area contributed by atoms with Crippen LogP contribution in [0.2, 0.25) is 0 Å². The van der Waals surface area contributed by atoms with Gasteiger partial charge in [0.2, 0.25) is 0 Å². The van der Waals surface area contributed by atoms with E-state index in [0.717, 1.165) is 11.8 Å². The fraction of sp³-hybridized carbons (Fsp3) is 0.667. The van der Waals surface area contributed by atoms with Crippen LogP contribution in [0.5, 0.6) is 0 Å². The van der Waals surface area contributed by atoms with Crippen LogP contribution in [0.25, 0.3) is 0 Å². The summed E-state index contributed by atoms with van der Waals surface area (Å²) >= 11 is 5.71. The molecule has 0 aromatic heterocycles. The maximum Gasteiger partial charge on any atom is 0.321 e. The molecule has 0 aromatic rings. The average molecular weight is 265 g/mol. The highest BCUT2D eigenvalue weighted by Gasteiger charge is 2.29. The second-order valence-corrected chi connectivity index (χ2v) is 4.45. The van der Waals surface area contributed by atoms with Gasteiger partial charge in [-0.3, -0.25) is 9.59 Å². The summed E-state index contributed by atoms with van der Waals surface area (Å²) in [5.74, 6) is -2.03. The molecule has 0 fully saturated rings. The fourth-order valence-electron chi connectivity index (χ4n) is 0.883. The van der Waals surface area contributed by atoms with E-state index < -0.39 is 17.9 Å². The summed E-state index contributed by atoms with van der Waals surface area (Å²) in [6.07, 6.45) is 0. The number of hydrogen-bond acceptors (Lipinski definition) is 6. The van der Waals surface area contributed by atoms with Crippen LogP contribution in [-0.2, 0) is 19.1 Å². The molecule has 0 atom stereocenters. The van der Waals surface area contributed by atoms with Gasteiger partial charge in [-0.05, 0) is 13.8 Å². The standard InChI is InChI=1S/C9H15NO4S2/c1-3-13-7(11)6(5-16-9(10)15)8(12)14-4-2/h6H,3-5H2,1-2H3,(H2,10,15). The van der Waals surface area contributed by atoms with E-state index in [4.69, 9.17) is 15.2 Å². The highest BCUT2D eigenvalue weighted by Crippen LogP contribution is 2.12. The Balaban J connectivity index is 4.42. The first-order chi connectivity index (χ1) is 7.52. The van der Waals surface area contributed by atoms with E-state index >= 15 is 0 Å².